The van der Waals surface area contributed by atoms with Crippen LogP contribution in [0.25, 0.3) is 0 Å². The number of carbonyl (C=O) groups is 3. The minimum absolute atomic E-state index is 0.220. The molecule has 4 amide bonds. The first-order valence-corrected chi connectivity index (χ1v) is 8.46. The number of rotatable bonds is 3. The molecule has 0 aromatic heterocycles. The third-order valence-electron chi connectivity index (χ3n) is 4.50. The van der Waals surface area contributed by atoms with Crippen molar-refractivity contribution in [2.45, 2.75) is 25.3 Å². The van der Waals surface area contributed by atoms with Gasteiger partial charge in [-0.1, -0.05) is 29.3 Å². The average molecular weight is 370 g/mol. The van der Waals surface area contributed by atoms with Gasteiger partial charge in [0.1, 0.15) is 12.1 Å². The lowest BCUT2D eigenvalue weighted by atomic mass is 9.92. The molecule has 2 heterocycles. The summed E-state index contributed by atoms with van der Waals surface area (Å²) >= 11 is 12.1. The van der Waals surface area contributed by atoms with Crippen LogP contribution in [-0.4, -0.2) is 47.3 Å². The van der Waals surface area contributed by atoms with Crippen molar-refractivity contribution in [3.63, 3.8) is 0 Å². The first-order chi connectivity index (χ1) is 11.3. The van der Waals surface area contributed by atoms with Crippen molar-refractivity contribution in [3.05, 3.63) is 33.8 Å². The summed E-state index contributed by atoms with van der Waals surface area (Å²) in [5, 5.41) is 3.36. The summed E-state index contributed by atoms with van der Waals surface area (Å²) in [6.07, 6.45) is 1.90. The average Bonchev–Trinajstić information content (AvgIpc) is 3.11. The molecule has 2 aliphatic heterocycles. The van der Waals surface area contributed by atoms with Crippen molar-refractivity contribution in [1.29, 1.82) is 0 Å². The Morgan fingerprint density at radius 3 is 2.54 bits per heavy atom. The van der Waals surface area contributed by atoms with E-state index in [4.69, 9.17) is 23.2 Å². The van der Waals surface area contributed by atoms with Crippen molar-refractivity contribution in [2.75, 3.05) is 19.6 Å². The molecule has 2 fully saturated rings. The van der Waals surface area contributed by atoms with E-state index in [0.717, 1.165) is 17.7 Å². The van der Waals surface area contributed by atoms with E-state index in [1.54, 1.807) is 24.0 Å². The first-order valence-electron chi connectivity index (χ1n) is 7.70. The predicted octanol–water partition coefficient (Wildman–Crippen LogP) is 2.38. The van der Waals surface area contributed by atoms with Gasteiger partial charge in [0.05, 0.1) is 0 Å². The maximum Gasteiger partial charge on any atom is 0.325 e. The summed E-state index contributed by atoms with van der Waals surface area (Å²) in [6.45, 7) is 2.65. The fraction of sp³-hybridized carbons (Fsp3) is 0.438. The Morgan fingerprint density at radius 2 is 1.92 bits per heavy atom. The lowest BCUT2D eigenvalue weighted by Crippen LogP contribution is -2.44. The van der Waals surface area contributed by atoms with Crippen LogP contribution >= 0.6 is 23.2 Å². The smallest absolute Gasteiger partial charge is 0.325 e. The molecule has 0 saturated carbocycles. The molecule has 3 rings (SSSR count). The van der Waals surface area contributed by atoms with Gasteiger partial charge in [0.2, 0.25) is 5.91 Å². The van der Waals surface area contributed by atoms with Gasteiger partial charge in [-0.15, -0.1) is 0 Å². The summed E-state index contributed by atoms with van der Waals surface area (Å²) in [5.74, 6) is -0.716. The highest BCUT2D eigenvalue weighted by atomic mass is 35.5. The lowest BCUT2D eigenvalue weighted by Gasteiger charge is -2.24. The summed E-state index contributed by atoms with van der Waals surface area (Å²) < 4.78 is 0. The molecule has 1 unspecified atom stereocenters. The van der Waals surface area contributed by atoms with E-state index in [2.05, 4.69) is 5.32 Å². The van der Waals surface area contributed by atoms with Gasteiger partial charge in [-0.25, -0.2) is 4.79 Å². The Labute approximate surface area is 149 Å². The fourth-order valence-corrected chi connectivity index (χ4v) is 3.72. The van der Waals surface area contributed by atoms with E-state index in [1.165, 1.54) is 6.07 Å². The fourth-order valence-electron chi connectivity index (χ4n) is 3.12. The molecular formula is C16H17Cl2N3O3. The number of imide groups is 1. The standard InChI is InChI=1S/C16H17Cl2N3O3/c1-16(11-5-4-10(17)8-12(11)18)14(23)21(15(24)19-16)9-13(22)20-6-2-3-7-20/h4-5,8H,2-3,6-7,9H2,1H3,(H,19,24). The quantitative estimate of drug-likeness (QED) is 0.831. The first kappa shape index (κ1) is 17.0. The maximum atomic E-state index is 12.8. The van der Waals surface area contributed by atoms with Gasteiger partial charge in [0.15, 0.2) is 0 Å². The van der Waals surface area contributed by atoms with Gasteiger partial charge in [-0.05, 0) is 31.9 Å². The number of carbonyl (C=O) groups excluding carboxylic acids is 3. The summed E-state index contributed by atoms with van der Waals surface area (Å²) in [7, 11) is 0. The second-order valence-electron chi connectivity index (χ2n) is 6.16. The third-order valence-corrected chi connectivity index (χ3v) is 5.04. The third kappa shape index (κ3) is 2.84. The minimum Gasteiger partial charge on any atom is -0.341 e. The molecule has 0 radical (unpaired) electrons. The Bertz CT molecular complexity index is 719. The summed E-state index contributed by atoms with van der Waals surface area (Å²) in [4.78, 5) is 39.9. The van der Waals surface area contributed by atoms with Gasteiger partial charge in [-0.3, -0.25) is 14.5 Å². The molecule has 2 aliphatic rings. The van der Waals surface area contributed by atoms with Gasteiger partial charge in [0, 0.05) is 28.7 Å². The summed E-state index contributed by atoms with van der Waals surface area (Å²) in [5.41, 5.74) is -0.868. The Morgan fingerprint density at radius 1 is 1.25 bits per heavy atom. The maximum absolute atomic E-state index is 12.8. The number of benzene rings is 1. The molecule has 0 bridgehead atoms. The van der Waals surface area contributed by atoms with Gasteiger partial charge in [-0.2, -0.15) is 0 Å². The minimum atomic E-state index is -1.32. The zero-order chi connectivity index (χ0) is 17.5. The van der Waals surface area contributed by atoms with Crippen LogP contribution in [0.4, 0.5) is 4.79 Å². The Kier molecular flexibility index (Phi) is 4.44. The highest BCUT2D eigenvalue weighted by molar-refractivity contribution is 6.35. The number of halogens is 2. The molecular weight excluding hydrogens is 353 g/mol. The van der Waals surface area contributed by atoms with Crippen LogP contribution in [-0.2, 0) is 15.1 Å². The van der Waals surface area contributed by atoms with Crippen LogP contribution in [0.5, 0.6) is 0 Å². The normalized spacial score (nSPS) is 23.8. The molecule has 0 aliphatic carbocycles. The van der Waals surface area contributed by atoms with Gasteiger partial charge < -0.3 is 10.2 Å². The van der Waals surface area contributed by atoms with Crippen molar-refractivity contribution in [2.24, 2.45) is 0 Å². The van der Waals surface area contributed by atoms with E-state index < -0.39 is 17.5 Å². The monoisotopic (exact) mass is 369 g/mol. The topological polar surface area (TPSA) is 69.7 Å². The molecule has 6 nitrogen and oxygen atoms in total. The van der Waals surface area contributed by atoms with Crippen LogP contribution in [0.15, 0.2) is 18.2 Å². The molecule has 128 valence electrons. The Balaban J connectivity index is 1.83. The predicted molar refractivity (Wildman–Crippen MR) is 89.9 cm³/mol. The number of nitrogens with one attached hydrogen (secondary N) is 1. The number of amides is 4. The van der Waals surface area contributed by atoms with Gasteiger partial charge in [0.25, 0.3) is 5.91 Å². The van der Waals surface area contributed by atoms with Crippen molar-refractivity contribution < 1.29 is 14.4 Å². The summed E-state index contributed by atoms with van der Waals surface area (Å²) in [6, 6.07) is 4.13. The Hall–Kier alpha value is -1.79. The van der Waals surface area contributed by atoms with Crippen LogP contribution < -0.4 is 5.32 Å². The van der Waals surface area contributed by atoms with Crippen LogP contribution in [0.3, 0.4) is 0 Å². The van der Waals surface area contributed by atoms with Crippen LogP contribution in [0, 0.1) is 0 Å². The number of likely N-dealkylation sites (tertiary alicyclic amines) is 1. The highest BCUT2D eigenvalue weighted by Crippen LogP contribution is 2.34. The second-order valence-corrected chi connectivity index (χ2v) is 7.00. The highest BCUT2D eigenvalue weighted by Gasteiger charge is 2.50. The molecule has 0 spiro atoms. The SMILES string of the molecule is CC1(c2ccc(Cl)cc2Cl)NC(=O)N(CC(=O)N2CCCC2)C1=O. The molecule has 1 atom stereocenters. The molecule has 8 heteroatoms. The number of nitrogens with zero attached hydrogens (tertiary/aromatic N) is 2. The van der Waals surface area contributed by atoms with Crippen LogP contribution in [0.1, 0.15) is 25.3 Å². The number of hydrogen-bond acceptors (Lipinski definition) is 3. The van der Waals surface area contributed by atoms with E-state index in [-0.39, 0.29) is 17.5 Å². The number of hydrogen-bond donors (Lipinski definition) is 1. The molecule has 1 N–H and O–H groups in total. The van der Waals surface area contributed by atoms with Gasteiger partial charge >= 0.3 is 6.03 Å². The van der Waals surface area contributed by atoms with Crippen molar-refractivity contribution >= 4 is 41.0 Å². The van der Waals surface area contributed by atoms with E-state index in [9.17, 15) is 14.4 Å². The number of urea groups is 1. The molecule has 2 saturated heterocycles. The molecule has 1 aromatic carbocycles. The largest absolute Gasteiger partial charge is 0.341 e. The molecule has 24 heavy (non-hydrogen) atoms. The zero-order valence-corrected chi connectivity index (χ0v) is 14.7. The van der Waals surface area contributed by atoms with E-state index in [0.29, 0.717) is 23.7 Å². The van der Waals surface area contributed by atoms with Crippen molar-refractivity contribution in [3.8, 4) is 0 Å². The zero-order valence-electron chi connectivity index (χ0n) is 13.1. The van der Waals surface area contributed by atoms with Crippen molar-refractivity contribution in [1.82, 2.24) is 15.1 Å². The van der Waals surface area contributed by atoms with Crippen LogP contribution in [0.2, 0.25) is 10.0 Å². The van der Waals surface area contributed by atoms with E-state index >= 15 is 0 Å². The second kappa shape index (κ2) is 6.26. The molecule has 1 aromatic rings. The van der Waals surface area contributed by atoms with E-state index in [1.807, 2.05) is 0 Å². The lowest BCUT2D eigenvalue weighted by molar-refractivity contribution is -0.138.